The molecule has 0 spiro atoms. The quantitative estimate of drug-likeness (QED) is 0.677. The fraction of sp³-hybridized carbons (Fsp3) is 0.923. The molecule has 0 saturated heterocycles. The number of aliphatic hydroxyl groups excluding tert-OH is 1. The average molecular weight is 242 g/mol. The van der Waals surface area contributed by atoms with Crippen molar-refractivity contribution in [2.75, 3.05) is 6.54 Å². The first-order chi connectivity index (χ1) is 8.03. The number of hydrogen-bond donors (Lipinski definition) is 3. The molecule has 1 aliphatic rings. The van der Waals surface area contributed by atoms with Crippen LogP contribution in [0.25, 0.3) is 0 Å². The Hall–Kier alpha value is -0.610. The van der Waals surface area contributed by atoms with Crippen molar-refractivity contribution in [3.8, 4) is 0 Å². The molecule has 1 rings (SSSR count). The predicted molar refractivity (Wildman–Crippen MR) is 68.5 cm³/mol. The lowest BCUT2D eigenvalue weighted by atomic mass is 9.86. The molecule has 1 fully saturated rings. The minimum Gasteiger partial charge on any atom is -0.393 e. The number of hydrogen-bond acceptors (Lipinski definition) is 3. The van der Waals surface area contributed by atoms with Gasteiger partial charge in [0.25, 0.3) is 0 Å². The van der Waals surface area contributed by atoms with Crippen molar-refractivity contribution < 1.29 is 9.90 Å². The number of nitrogens with one attached hydrogen (secondary N) is 1. The molecule has 0 aromatic rings. The van der Waals surface area contributed by atoms with Crippen molar-refractivity contribution in [3.05, 3.63) is 0 Å². The van der Waals surface area contributed by atoms with Gasteiger partial charge in [-0.2, -0.15) is 0 Å². The molecule has 4 nitrogen and oxygen atoms in total. The first kappa shape index (κ1) is 14.5. The zero-order chi connectivity index (χ0) is 12.9. The maximum Gasteiger partial charge on any atom is 0.240 e. The van der Waals surface area contributed by atoms with Gasteiger partial charge in [-0.25, -0.2) is 0 Å². The van der Waals surface area contributed by atoms with E-state index >= 15 is 0 Å². The zero-order valence-corrected chi connectivity index (χ0v) is 11.0. The largest absolute Gasteiger partial charge is 0.393 e. The van der Waals surface area contributed by atoms with E-state index in [4.69, 9.17) is 5.73 Å². The van der Waals surface area contributed by atoms with Crippen molar-refractivity contribution in [3.63, 3.8) is 0 Å². The topological polar surface area (TPSA) is 75.4 Å². The first-order valence-electron chi connectivity index (χ1n) is 6.78. The van der Waals surface area contributed by atoms with Crippen LogP contribution >= 0.6 is 0 Å². The van der Waals surface area contributed by atoms with Crippen molar-refractivity contribution >= 4 is 5.91 Å². The van der Waals surface area contributed by atoms with Gasteiger partial charge >= 0.3 is 0 Å². The van der Waals surface area contributed by atoms with E-state index < -0.39 is 5.54 Å². The van der Waals surface area contributed by atoms with Crippen LogP contribution in [0, 0.1) is 5.92 Å². The number of carbonyl (C=O) groups excluding carboxylic acids is 1. The van der Waals surface area contributed by atoms with Crippen molar-refractivity contribution in [1.29, 1.82) is 0 Å². The third kappa shape index (κ3) is 3.68. The van der Waals surface area contributed by atoms with Crippen LogP contribution in [0.4, 0.5) is 0 Å². The normalized spacial score (nSPS) is 25.6. The van der Waals surface area contributed by atoms with E-state index in [1.165, 1.54) is 0 Å². The van der Waals surface area contributed by atoms with Gasteiger partial charge in [0.15, 0.2) is 0 Å². The van der Waals surface area contributed by atoms with Crippen LogP contribution in [-0.4, -0.2) is 29.2 Å². The molecule has 4 N–H and O–H groups in total. The Morgan fingerprint density at radius 3 is 2.47 bits per heavy atom. The molecule has 2 unspecified atom stereocenters. The van der Waals surface area contributed by atoms with Crippen LogP contribution < -0.4 is 11.1 Å². The number of aliphatic hydroxyl groups is 1. The molecular weight excluding hydrogens is 216 g/mol. The van der Waals surface area contributed by atoms with Crippen molar-refractivity contribution in [2.24, 2.45) is 11.7 Å². The van der Waals surface area contributed by atoms with E-state index in [1.807, 2.05) is 13.8 Å². The standard InChI is InChI=1S/C13H26N2O2/c1-3-13(14,4-2)12(17)15-9-10-7-5-6-8-11(10)16/h10-11,16H,3-9,14H2,1-2H3,(H,15,17). The van der Waals surface area contributed by atoms with Gasteiger partial charge in [0, 0.05) is 12.5 Å². The van der Waals surface area contributed by atoms with Gasteiger partial charge in [0.2, 0.25) is 5.91 Å². The second kappa shape index (κ2) is 6.36. The summed E-state index contributed by atoms with van der Waals surface area (Å²) in [6, 6.07) is 0. The Labute approximate surface area is 104 Å². The zero-order valence-electron chi connectivity index (χ0n) is 11.0. The number of carbonyl (C=O) groups is 1. The summed E-state index contributed by atoms with van der Waals surface area (Å²) >= 11 is 0. The Balaban J connectivity index is 2.41. The van der Waals surface area contributed by atoms with Crippen molar-refractivity contribution in [2.45, 2.75) is 64.0 Å². The Morgan fingerprint density at radius 1 is 1.35 bits per heavy atom. The summed E-state index contributed by atoms with van der Waals surface area (Å²) in [6.07, 6.45) is 5.11. The van der Waals surface area contributed by atoms with Crippen LogP contribution in [0.15, 0.2) is 0 Å². The fourth-order valence-corrected chi connectivity index (χ4v) is 2.40. The van der Waals surface area contributed by atoms with E-state index in [-0.39, 0.29) is 17.9 Å². The third-order valence-electron chi connectivity index (χ3n) is 4.11. The van der Waals surface area contributed by atoms with Gasteiger partial charge in [-0.3, -0.25) is 4.79 Å². The van der Waals surface area contributed by atoms with Crippen LogP contribution in [0.1, 0.15) is 52.4 Å². The molecule has 0 aromatic heterocycles. The van der Waals surface area contributed by atoms with Crippen molar-refractivity contribution in [1.82, 2.24) is 5.32 Å². The van der Waals surface area contributed by atoms with Gasteiger partial charge in [-0.1, -0.05) is 26.7 Å². The first-order valence-corrected chi connectivity index (χ1v) is 6.78. The Bertz CT molecular complexity index is 252. The molecule has 0 aromatic carbocycles. The minimum atomic E-state index is -0.750. The van der Waals surface area contributed by atoms with Crippen LogP contribution in [-0.2, 0) is 4.79 Å². The summed E-state index contributed by atoms with van der Waals surface area (Å²) in [5.41, 5.74) is 5.27. The summed E-state index contributed by atoms with van der Waals surface area (Å²) in [4.78, 5) is 12.0. The van der Waals surface area contributed by atoms with E-state index in [9.17, 15) is 9.90 Å². The maximum atomic E-state index is 12.0. The molecular formula is C13H26N2O2. The fourth-order valence-electron chi connectivity index (χ4n) is 2.40. The highest BCUT2D eigenvalue weighted by molar-refractivity contribution is 5.85. The van der Waals surface area contributed by atoms with E-state index in [2.05, 4.69) is 5.32 Å². The van der Waals surface area contributed by atoms with E-state index in [0.717, 1.165) is 25.7 Å². The molecule has 4 heteroatoms. The number of rotatable bonds is 5. The highest BCUT2D eigenvalue weighted by Gasteiger charge is 2.31. The van der Waals surface area contributed by atoms with Crippen LogP contribution in [0.2, 0.25) is 0 Å². The molecule has 0 radical (unpaired) electrons. The number of amides is 1. The Morgan fingerprint density at radius 2 is 1.94 bits per heavy atom. The lowest BCUT2D eigenvalue weighted by molar-refractivity contribution is -0.127. The summed E-state index contributed by atoms with van der Waals surface area (Å²) in [7, 11) is 0. The molecule has 1 amide bonds. The second-order valence-corrected chi connectivity index (χ2v) is 5.19. The lowest BCUT2D eigenvalue weighted by Gasteiger charge is -2.30. The molecule has 2 atom stereocenters. The summed E-state index contributed by atoms with van der Waals surface area (Å²) < 4.78 is 0. The molecule has 0 heterocycles. The average Bonchev–Trinajstić information content (AvgIpc) is 2.36. The highest BCUT2D eigenvalue weighted by Crippen LogP contribution is 2.23. The van der Waals surface area contributed by atoms with E-state index in [1.54, 1.807) is 0 Å². The van der Waals surface area contributed by atoms with Gasteiger partial charge in [-0.15, -0.1) is 0 Å². The van der Waals surface area contributed by atoms with Gasteiger partial charge < -0.3 is 16.2 Å². The van der Waals surface area contributed by atoms with Crippen LogP contribution in [0.3, 0.4) is 0 Å². The lowest BCUT2D eigenvalue weighted by Crippen LogP contribution is -2.54. The smallest absolute Gasteiger partial charge is 0.240 e. The summed E-state index contributed by atoms with van der Waals surface area (Å²) in [6.45, 7) is 4.41. The van der Waals surface area contributed by atoms with Gasteiger partial charge in [-0.05, 0) is 25.7 Å². The number of nitrogens with two attached hydrogens (primary N) is 1. The maximum absolute atomic E-state index is 12.0. The molecule has 17 heavy (non-hydrogen) atoms. The van der Waals surface area contributed by atoms with Crippen LogP contribution in [0.5, 0.6) is 0 Å². The summed E-state index contributed by atoms with van der Waals surface area (Å²) in [5.74, 6) is 0.117. The van der Waals surface area contributed by atoms with Gasteiger partial charge in [0.1, 0.15) is 0 Å². The molecule has 0 aliphatic heterocycles. The Kier molecular flexibility index (Phi) is 5.40. The predicted octanol–water partition coefficient (Wildman–Crippen LogP) is 1.17. The highest BCUT2D eigenvalue weighted by atomic mass is 16.3. The molecule has 1 aliphatic carbocycles. The SMILES string of the molecule is CCC(N)(CC)C(=O)NCC1CCCCC1O. The van der Waals surface area contributed by atoms with Gasteiger partial charge in [0.05, 0.1) is 11.6 Å². The van der Waals surface area contributed by atoms with E-state index in [0.29, 0.717) is 19.4 Å². The minimum absolute atomic E-state index is 0.0831. The molecule has 1 saturated carbocycles. The third-order valence-corrected chi connectivity index (χ3v) is 4.11. The monoisotopic (exact) mass is 242 g/mol. The molecule has 0 bridgehead atoms. The molecule has 100 valence electrons. The summed E-state index contributed by atoms with van der Waals surface area (Å²) in [5, 5.41) is 12.7. The second-order valence-electron chi connectivity index (χ2n) is 5.19.